The zero-order valence-electron chi connectivity index (χ0n) is 44.2. The van der Waals surface area contributed by atoms with Gasteiger partial charge >= 0.3 is 5.97 Å². The Morgan fingerprint density at radius 3 is 1.18 bits per heavy atom. The van der Waals surface area contributed by atoms with Crippen LogP contribution in [0.25, 0.3) is 0 Å². The van der Waals surface area contributed by atoms with E-state index in [9.17, 15) is 19.8 Å². The summed E-state index contributed by atoms with van der Waals surface area (Å²) >= 11 is 0. The molecule has 0 aromatic heterocycles. The van der Waals surface area contributed by atoms with Crippen LogP contribution in [0.3, 0.4) is 0 Å². The van der Waals surface area contributed by atoms with Gasteiger partial charge in [0.25, 0.3) is 0 Å². The summed E-state index contributed by atoms with van der Waals surface area (Å²) in [5, 5.41) is 23.2. The highest BCUT2D eigenvalue weighted by molar-refractivity contribution is 5.76. The molecule has 66 heavy (non-hydrogen) atoms. The van der Waals surface area contributed by atoms with Gasteiger partial charge in [0.15, 0.2) is 0 Å². The van der Waals surface area contributed by atoms with E-state index in [2.05, 4.69) is 43.5 Å². The lowest BCUT2D eigenvalue weighted by Gasteiger charge is -2.20. The van der Waals surface area contributed by atoms with Gasteiger partial charge in [0.1, 0.15) is 0 Å². The van der Waals surface area contributed by atoms with Gasteiger partial charge in [-0.2, -0.15) is 0 Å². The molecule has 2 atom stereocenters. The first-order valence-electron chi connectivity index (χ1n) is 29.3. The Balaban J connectivity index is 3.51. The third-order valence-corrected chi connectivity index (χ3v) is 13.4. The molecule has 0 aromatic rings. The molecule has 0 spiro atoms. The molecule has 0 heterocycles. The first-order chi connectivity index (χ1) is 32.5. The topological polar surface area (TPSA) is 95.9 Å². The molecule has 0 saturated carbocycles. The van der Waals surface area contributed by atoms with E-state index >= 15 is 0 Å². The van der Waals surface area contributed by atoms with E-state index in [0.29, 0.717) is 19.4 Å². The minimum atomic E-state index is -0.861. The number of ether oxygens (including phenoxy) is 1. The van der Waals surface area contributed by atoms with E-state index in [-0.39, 0.29) is 18.5 Å². The number of amides is 1. The molecule has 0 rings (SSSR count). The standard InChI is InChI=1S/C60H113NO5/c1-3-5-7-9-11-13-15-17-19-21-22-23-24-25-27-28-30-32-36-40-44-48-52-58(63)57(56-62)61-59(64)53-49-45-41-37-34-35-39-43-47-51-55-66-60(65)54-50-46-42-38-33-31-29-26-20-18-16-14-12-10-8-6-4-2/h12,14,18,20,48,52,57-58,62-63H,3-11,13,15-17,19,21-47,49-51,53-56H2,1-2H3,(H,61,64)/b14-12-,20-18-,52-48+. The van der Waals surface area contributed by atoms with Crippen LogP contribution >= 0.6 is 0 Å². The summed E-state index contributed by atoms with van der Waals surface area (Å²) in [6, 6.07) is -0.647. The Labute approximate surface area is 411 Å². The number of rotatable bonds is 54. The van der Waals surface area contributed by atoms with Gasteiger partial charge in [-0.25, -0.2) is 0 Å². The second kappa shape index (κ2) is 55.7. The van der Waals surface area contributed by atoms with E-state index in [0.717, 1.165) is 64.2 Å². The normalized spacial score (nSPS) is 12.8. The average molecular weight is 929 g/mol. The molecule has 0 saturated heterocycles. The Hall–Kier alpha value is -1.92. The number of hydrogen-bond donors (Lipinski definition) is 3. The summed E-state index contributed by atoms with van der Waals surface area (Å²) in [6.45, 7) is 4.84. The molecule has 1 amide bonds. The summed E-state index contributed by atoms with van der Waals surface area (Å²) in [6.07, 6.45) is 68.7. The molecule has 6 heteroatoms. The lowest BCUT2D eigenvalue weighted by Crippen LogP contribution is -2.45. The molecular weight excluding hydrogens is 815 g/mol. The molecule has 3 N–H and O–H groups in total. The summed E-state index contributed by atoms with van der Waals surface area (Å²) in [4.78, 5) is 24.6. The van der Waals surface area contributed by atoms with Crippen molar-refractivity contribution in [3.63, 3.8) is 0 Å². The van der Waals surface area contributed by atoms with Crippen LogP contribution in [0.5, 0.6) is 0 Å². The van der Waals surface area contributed by atoms with Crippen molar-refractivity contribution >= 4 is 11.9 Å². The van der Waals surface area contributed by atoms with Crippen molar-refractivity contribution < 1.29 is 24.5 Å². The summed E-state index contributed by atoms with van der Waals surface area (Å²) < 4.78 is 5.46. The molecule has 388 valence electrons. The first-order valence-corrected chi connectivity index (χ1v) is 29.3. The quantitative estimate of drug-likeness (QED) is 0.0321. The third kappa shape index (κ3) is 51.5. The number of hydrogen-bond acceptors (Lipinski definition) is 5. The maximum absolute atomic E-state index is 12.5. The van der Waals surface area contributed by atoms with Gasteiger partial charge in [-0.05, 0) is 64.2 Å². The van der Waals surface area contributed by atoms with Gasteiger partial charge < -0.3 is 20.3 Å². The van der Waals surface area contributed by atoms with Crippen LogP contribution < -0.4 is 5.32 Å². The highest BCUT2D eigenvalue weighted by Crippen LogP contribution is 2.17. The van der Waals surface area contributed by atoms with Crippen molar-refractivity contribution in [2.24, 2.45) is 0 Å². The number of carbonyl (C=O) groups excluding carboxylic acids is 2. The number of aliphatic hydroxyl groups excluding tert-OH is 2. The van der Waals surface area contributed by atoms with Crippen LogP contribution in [0.1, 0.15) is 309 Å². The van der Waals surface area contributed by atoms with E-state index in [1.807, 2.05) is 6.08 Å². The minimum absolute atomic E-state index is 0.0282. The molecule has 6 nitrogen and oxygen atoms in total. The summed E-state index contributed by atoms with van der Waals surface area (Å²) in [5.74, 6) is -0.117. The van der Waals surface area contributed by atoms with Crippen LogP contribution in [-0.2, 0) is 14.3 Å². The van der Waals surface area contributed by atoms with Crippen LogP contribution in [-0.4, -0.2) is 47.4 Å². The molecule has 0 aromatic carbocycles. The highest BCUT2D eigenvalue weighted by atomic mass is 16.5. The molecule has 0 radical (unpaired) electrons. The molecule has 0 aliphatic carbocycles. The summed E-state index contributed by atoms with van der Waals surface area (Å²) in [5.41, 5.74) is 0. The molecule has 0 aliphatic rings. The Bertz CT molecular complexity index is 1070. The van der Waals surface area contributed by atoms with Gasteiger partial charge in [0.2, 0.25) is 5.91 Å². The molecular formula is C60H113NO5. The van der Waals surface area contributed by atoms with Crippen molar-refractivity contribution in [1.82, 2.24) is 5.32 Å². The van der Waals surface area contributed by atoms with Crippen molar-refractivity contribution in [2.75, 3.05) is 13.2 Å². The van der Waals surface area contributed by atoms with Crippen molar-refractivity contribution in [3.05, 3.63) is 36.5 Å². The number of allylic oxidation sites excluding steroid dienone is 5. The number of unbranched alkanes of at least 4 members (excludes halogenated alkanes) is 39. The predicted molar refractivity (Wildman–Crippen MR) is 287 cm³/mol. The first kappa shape index (κ1) is 64.1. The second-order valence-corrected chi connectivity index (χ2v) is 20.0. The lowest BCUT2D eigenvalue weighted by atomic mass is 10.0. The largest absolute Gasteiger partial charge is 0.466 e. The molecule has 0 aliphatic heterocycles. The Morgan fingerprint density at radius 2 is 0.758 bits per heavy atom. The van der Waals surface area contributed by atoms with E-state index in [1.165, 1.54) is 218 Å². The van der Waals surface area contributed by atoms with Gasteiger partial charge in [-0.3, -0.25) is 9.59 Å². The second-order valence-electron chi connectivity index (χ2n) is 20.0. The predicted octanol–water partition coefficient (Wildman–Crippen LogP) is 18.0. The van der Waals surface area contributed by atoms with E-state index in [1.54, 1.807) is 6.08 Å². The monoisotopic (exact) mass is 928 g/mol. The smallest absolute Gasteiger partial charge is 0.305 e. The molecule has 0 bridgehead atoms. The number of aliphatic hydroxyl groups is 2. The summed E-state index contributed by atoms with van der Waals surface area (Å²) in [7, 11) is 0. The van der Waals surface area contributed by atoms with Gasteiger partial charge in [-0.1, -0.05) is 269 Å². The Kier molecular flexibility index (Phi) is 54.1. The zero-order valence-corrected chi connectivity index (χ0v) is 44.2. The highest BCUT2D eigenvalue weighted by Gasteiger charge is 2.18. The van der Waals surface area contributed by atoms with Crippen LogP contribution in [0.15, 0.2) is 36.5 Å². The average Bonchev–Trinajstić information content (AvgIpc) is 3.32. The molecule has 2 unspecified atom stereocenters. The van der Waals surface area contributed by atoms with Gasteiger partial charge in [0.05, 0.1) is 25.4 Å². The lowest BCUT2D eigenvalue weighted by molar-refractivity contribution is -0.143. The van der Waals surface area contributed by atoms with Crippen molar-refractivity contribution in [2.45, 2.75) is 321 Å². The number of carbonyl (C=O) groups is 2. The van der Waals surface area contributed by atoms with Crippen LogP contribution in [0.4, 0.5) is 0 Å². The van der Waals surface area contributed by atoms with E-state index < -0.39 is 12.1 Å². The SMILES string of the molecule is CCCCC/C=C\C/C=C\CCCCCCCCCC(=O)OCCCCCCCCCCCCC(=O)NC(CO)C(O)/C=C/CCCCCCCCCCCCCCCCCCCCCC. The minimum Gasteiger partial charge on any atom is -0.466 e. The molecule has 0 fully saturated rings. The zero-order chi connectivity index (χ0) is 47.9. The number of nitrogens with one attached hydrogen (secondary N) is 1. The maximum atomic E-state index is 12.5. The van der Waals surface area contributed by atoms with Crippen LogP contribution in [0, 0.1) is 0 Å². The van der Waals surface area contributed by atoms with Crippen molar-refractivity contribution in [3.8, 4) is 0 Å². The van der Waals surface area contributed by atoms with Crippen LogP contribution in [0.2, 0.25) is 0 Å². The maximum Gasteiger partial charge on any atom is 0.305 e. The fraction of sp³-hybridized carbons (Fsp3) is 0.867. The van der Waals surface area contributed by atoms with Crippen molar-refractivity contribution in [1.29, 1.82) is 0 Å². The fourth-order valence-electron chi connectivity index (χ4n) is 8.90. The van der Waals surface area contributed by atoms with Gasteiger partial charge in [0, 0.05) is 12.8 Å². The number of esters is 1. The fourth-order valence-corrected chi connectivity index (χ4v) is 8.90. The van der Waals surface area contributed by atoms with E-state index in [4.69, 9.17) is 4.74 Å². The van der Waals surface area contributed by atoms with Gasteiger partial charge in [-0.15, -0.1) is 0 Å². The third-order valence-electron chi connectivity index (χ3n) is 13.4. The Morgan fingerprint density at radius 1 is 0.424 bits per heavy atom.